The molecule has 0 aliphatic carbocycles. The van der Waals surface area contributed by atoms with Crippen LogP contribution < -0.4 is 5.32 Å². The summed E-state index contributed by atoms with van der Waals surface area (Å²) in [5, 5.41) is 2.78. The van der Waals surface area contributed by atoms with E-state index in [9.17, 15) is 0 Å². The lowest BCUT2D eigenvalue weighted by Crippen LogP contribution is -2.03. The molecule has 0 aromatic heterocycles. The van der Waals surface area contributed by atoms with Crippen LogP contribution in [0, 0.1) is 30.1 Å². The van der Waals surface area contributed by atoms with Crippen molar-refractivity contribution in [3.63, 3.8) is 0 Å². The van der Waals surface area contributed by atoms with Crippen molar-refractivity contribution in [1.82, 2.24) is 5.32 Å². The Morgan fingerprint density at radius 1 is 1.25 bits per heavy atom. The first-order chi connectivity index (χ1) is 4.97. The summed E-state index contributed by atoms with van der Waals surface area (Å²) in [5.41, 5.74) is 0.0694. The molecule has 0 bridgehead atoms. The van der Waals surface area contributed by atoms with Gasteiger partial charge in [-0.1, -0.05) is 13.3 Å². The predicted molar refractivity (Wildman–Crippen MR) is 57.8 cm³/mol. The van der Waals surface area contributed by atoms with Crippen LogP contribution in [0.25, 0.3) is 0 Å². The predicted octanol–water partition coefficient (Wildman–Crippen LogP) is 2.14. The summed E-state index contributed by atoms with van der Waals surface area (Å²) in [6, 6.07) is 0. The number of nitrogens with one attached hydrogen (secondary N) is 1. The van der Waals surface area contributed by atoms with E-state index in [2.05, 4.69) is 17.2 Å². The third-order valence-electron chi connectivity index (χ3n) is 0.712. The largest absolute Gasteiger partial charge is 0.309 e. The molecule has 0 saturated carbocycles. The fraction of sp³-hybridized carbons (Fsp3) is 0.636. The maximum Gasteiger partial charge on any atom is 0.0571 e. The van der Waals surface area contributed by atoms with Crippen molar-refractivity contribution < 1.29 is 0 Å². The second kappa shape index (κ2) is 10.1. The molecular weight excluding hydrogens is 146 g/mol. The Labute approximate surface area is 77.9 Å². The van der Waals surface area contributed by atoms with Crippen LogP contribution in [0.15, 0.2) is 0 Å². The molecule has 70 valence electrons. The molecule has 0 amide bonds. The Kier molecular flexibility index (Phi) is 14.5. The van der Waals surface area contributed by atoms with Crippen molar-refractivity contribution >= 4 is 0 Å². The number of hydrogen-bond donors (Lipinski definition) is 1. The van der Waals surface area contributed by atoms with Gasteiger partial charge < -0.3 is 5.32 Å². The Hall–Kier alpha value is -0.920. The average Bonchev–Trinajstić information content (AvgIpc) is 1.90. The zero-order chi connectivity index (χ0) is 9.33. The van der Waals surface area contributed by atoms with Gasteiger partial charge in [-0.25, -0.2) is 0 Å². The van der Waals surface area contributed by atoms with Gasteiger partial charge in [-0.15, -0.1) is 18.8 Å². The minimum Gasteiger partial charge on any atom is -0.309 e. The molecule has 0 saturated heterocycles. The molecule has 1 nitrogen and oxygen atoms in total. The van der Waals surface area contributed by atoms with E-state index in [1.165, 1.54) is 0 Å². The SMILES string of the molecule is C.C#CC(C)(C)C.C#CCNC. The van der Waals surface area contributed by atoms with Crippen LogP contribution in [0.1, 0.15) is 28.2 Å². The van der Waals surface area contributed by atoms with Gasteiger partial charge in [-0.05, 0) is 27.8 Å². The van der Waals surface area contributed by atoms with Gasteiger partial charge >= 0.3 is 0 Å². The van der Waals surface area contributed by atoms with Gasteiger partial charge in [0.25, 0.3) is 0 Å². The standard InChI is InChI=1S/C6H10.C4H7N.CH4/c1-5-6(2,3)4;1-3-4-5-2;/h1H,2-4H3;1,5H,4H2,2H3;1H4. The van der Waals surface area contributed by atoms with E-state index < -0.39 is 0 Å². The minimum absolute atomic E-state index is 0. The molecule has 0 aromatic rings. The highest BCUT2D eigenvalue weighted by Crippen LogP contribution is 2.08. The van der Waals surface area contributed by atoms with Gasteiger partial charge in [0.15, 0.2) is 0 Å². The summed E-state index contributed by atoms with van der Waals surface area (Å²) in [7, 11) is 1.82. The summed E-state index contributed by atoms with van der Waals surface area (Å²) >= 11 is 0. The lowest BCUT2D eigenvalue weighted by molar-refractivity contribution is 0.571. The lowest BCUT2D eigenvalue weighted by atomic mass is 9.99. The highest BCUT2D eigenvalue weighted by Gasteiger charge is 2.00. The minimum atomic E-state index is 0. The van der Waals surface area contributed by atoms with Crippen LogP contribution in [0.3, 0.4) is 0 Å². The van der Waals surface area contributed by atoms with Crippen molar-refractivity contribution in [2.45, 2.75) is 28.2 Å². The van der Waals surface area contributed by atoms with Gasteiger partial charge in [0, 0.05) is 5.41 Å². The molecule has 0 atom stereocenters. The number of terminal acetylenes is 2. The van der Waals surface area contributed by atoms with Gasteiger partial charge in [0.2, 0.25) is 0 Å². The molecule has 0 spiro atoms. The first-order valence-corrected chi connectivity index (χ1v) is 3.53. The molecule has 0 radical (unpaired) electrons. The van der Waals surface area contributed by atoms with E-state index in [0.29, 0.717) is 6.54 Å². The Morgan fingerprint density at radius 2 is 1.58 bits per heavy atom. The Balaban J connectivity index is -0.000000126. The molecule has 0 heterocycles. The van der Waals surface area contributed by atoms with Crippen molar-refractivity contribution in [2.24, 2.45) is 5.41 Å². The van der Waals surface area contributed by atoms with E-state index in [1.807, 2.05) is 27.8 Å². The maximum atomic E-state index is 5.06. The van der Waals surface area contributed by atoms with Crippen LogP contribution in [-0.2, 0) is 0 Å². The zero-order valence-electron chi connectivity index (χ0n) is 7.86. The highest BCUT2D eigenvalue weighted by molar-refractivity contribution is 4.96. The molecule has 1 heteroatoms. The normalized spacial score (nSPS) is 7.83. The zero-order valence-corrected chi connectivity index (χ0v) is 7.86. The fourth-order valence-electron chi connectivity index (χ4n) is 0.102. The first kappa shape index (κ1) is 17.2. The molecule has 0 unspecified atom stereocenters. The number of hydrogen-bond acceptors (Lipinski definition) is 1. The summed E-state index contributed by atoms with van der Waals surface area (Å²) in [5.74, 6) is 5.01. The van der Waals surface area contributed by atoms with Gasteiger partial charge in [-0.3, -0.25) is 0 Å². The van der Waals surface area contributed by atoms with E-state index in [4.69, 9.17) is 12.8 Å². The van der Waals surface area contributed by atoms with E-state index in [1.54, 1.807) is 0 Å². The third-order valence-corrected chi connectivity index (χ3v) is 0.712. The molecular formula is C11H21N. The van der Waals surface area contributed by atoms with Crippen molar-refractivity contribution in [2.75, 3.05) is 13.6 Å². The topological polar surface area (TPSA) is 12.0 Å². The third kappa shape index (κ3) is 35.6. The maximum absolute atomic E-state index is 5.06. The van der Waals surface area contributed by atoms with Crippen LogP contribution in [-0.4, -0.2) is 13.6 Å². The Bertz CT molecular complexity index is 149. The second-order valence-electron chi connectivity index (χ2n) is 3.13. The Morgan fingerprint density at radius 3 is 1.58 bits per heavy atom. The summed E-state index contributed by atoms with van der Waals surface area (Å²) < 4.78 is 0. The van der Waals surface area contributed by atoms with Crippen LogP contribution in [0.5, 0.6) is 0 Å². The monoisotopic (exact) mass is 167 g/mol. The smallest absolute Gasteiger partial charge is 0.0571 e. The van der Waals surface area contributed by atoms with Crippen LogP contribution >= 0.6 is 0 Å². The van der Waals surface area contributed by atoms with Gasteiger partial charge in [0.1, 0.15) is 0 Å². The van der Waals surface area contributed by atoms with Crippen molar-refractivity contribution in [3.8, 4) is 24.7 Å². The molecule has 12 heavy (non-hydrogen) atoms. The summed E-state index contributed by atoms with van der Waals surface area (Å²) in [6.07, 6.45) is 9.88. The van der Waals surface area contributed by atoms with Gasteiger partial charge in [0.05, 0.1) is 6.54 Å². The molecule has 0 rings (SSSR count). The number of rotatable bonds is 1. The lowest BCUT2D eigenvalue weighted by Gasteiger charge is -2.04. The molecule has 1 N–H and O–H groups in total. The second-order valence-corrected chi connectivity index (χ2v) is 3.13. The quantitative estimate of drug-likeness (QED) is 0.590. The van der Waals surface area contributed by atoms with Crippen molar-refractivity contribution in [3.05, 3.63) is 0 Å². The molecule has 0 fully saturated rings. The van der Waals surface area contributed by atoms with E-state index >= 15 is 0 Å². The van der Waals surface area contributed by atoms with Crippen LogP contribution in [0.2, 0.25) is 0 Å². The van der Waals surface area contributed by atoms with Crippen molar-refractivity contribution in [1.29, 1.82) is 0 Å². The van der Waals surface area contributed by atoms with Crippen LogP contribution in [0.4, 0.5) is 0 Å². The first-order valence-electron chi connectivity index (χ1n) is 3.53. The fourth-order valence-corrected chi connectivity index (χ4v) is 0.102. The van der Waals surface area contributed by atoms with E-state index in [-0.39, 0.29) is 12.8 Å². The summed E-state index contributed by atoms with van der Waals surface area (Å²) in [4.78, 5) is 0. The average molecular weight is 167 g/mol. The molecule has 0 aromatic carbocycles. The molecule has 0 aliphatic rings. The highest BCUT2D eigenvalue weighted by atomic mass is 14.8. The molecule has 0 aliphatic heterocycles. The van der Waals surface area contributed by atoms with E-state index in [0.717, 1.165) is 0 Å². The van der Waals surface area contributed by atoms with Gasteiger partial charge in [-0.2, -0.15) is 0 Å². The summed E-state index contributed by atoms with van der Waals surface area (Å²) in [6.45, 7) is 6.69.